The molecule has 0 unspecified atom stereocenters. The second-order valence-corrected chi connectivity index (χ2v) is 19.9. The molecule has 3 heteroatoms. The molecule has 1 rings (SSSR count). The van der Waals surface area contributed by atoms with Crippen molar-refractivity contribution in [2.24, 2.45) is 0 Å². The van der Waals surface area contributed by atoms with Crippen LogP contribution in [0.5, 0.6) is 5.75 Å². The third kappa shape index (κ3) is 7.02. The van der Waals surface area contributed by atoms with Gasteiger partial charge in [0.15, 0.2) is 0 Å². The zero-order chi connectivity index (χ0) is 17.0. The normalized spacial score (nSPS) is 11.7. The van der Waals surface area contributed by atoms with Crippen LogP contribution in [-0.4, -0.2) is 30.0 Å². The summed E-state index contributed by atoms with van der Waals surface area (Å²) in [7, 11) is 0. The Morgan fingerprint density at radius 1 is 0.826 bits per heavy atom. The Bertz CT molecular complexity index is 383. The van der Waals surface area contributed by atoms with Crippen molar-refractivity contribution in [1.82, 2.24) is 4.98 Å². The number of hydrogen-bond acceptors (Lipinski definition) is 2. The quantitative estimate of drug-likeness (QED) is 0.365. The van der Waals surface area contributed by atoms with E-state index in [9.17, 15) is 0 Å². The molecule has 1 aromatic rings. The number of aromatic nitrogens is 1. The van der Waals surface area contributed by atoms with E-state index < -0.39 is 18.4 Å². The summed E-state index contributed by atoms with van der Waals surface area (Å²) in [5.74, 6) is 0.942. The molecule has 0 aromatic carbocycles. The number of pyridine rings is 1. The summed E-state index contributed by atoms with van der Waals surface area (Å²) >= 11 is -2.34. The first-order valence-electron chi connectivity index (χ1n) is 9.81. The van der Waals surface area contributed by atoms with Crippen molar-refractivity contribution in [3.63, 3.8) is 0 Å². The van der Waals surface area contributed by atoms with Gasteiger partial charge >= 0.3 is 148 Å². The van der Waals surface area contributed by atoms with E-state index in [4.69, 9.17) is 9.72 Å². The molecular weight excluding hydrogens is 389 g/mol. The minimum atomic E-state index is -2.34. The number of hydrogen-bond donors (Lipinski definition) is 0. The molecule has 0 saturated heterocycles. The van der Waals surface area contributed by atoms with Gasteiger partial charge in [-0.25, -0.2) is 0 Å². The van der Waals surface area contributed by atoms with Crippen LogP contribution in [0.1, 0.15) is 72.6 Å². The molecule has 0 bridgehead atoms. The number of unbranched alkanes of at least 4 members (excludes halogenated alkanes) is 3. The van der Waals surface area contributed by atoms with Gasteiger partial charge in [0.05, 0.1) is 0 Å². The summed E-state index contributed by atoms with van der Waals surface area (Å²) in [6, 6.07) is 4.50. The maximum atomic E-state index is 5.73. The monoisotopic (exact) mass is 427 g/mol. The molecule has 23 heavy (non-hydrogen) atoms. The zero-order valence-electron chi connectivity index (χ0n) is 15.9. The molecule has 132 valence electrons. The Hall–Kier alpha value is -0.251. The van der Waals surface area contributed by atoms with Gasteiger partial charge in [0, 0.05) is 0 Å². The molecular formula is C20H37NOSn. The molecule has 0 saturated carbocycles. The first kappa shape index (κ1) is 20.8. The SMILES string of the molecule is CCC[CH2][Sn]([CH2]CCC)([CH2]CCC)[c]1ccc(OCCC)cn1. The zero-order valence-corrected chi connectivity index (χ0v) is 18.7. The third-order valence-electron chi connectivity index (χ3n) is 4.78. The molecule has 1 heterocycles. The van der Waals surface area contributed by atoms with E-state index in [1.165, 1.54) is 55.5 Å². The molecule has 0 N–H and O–H groups in total. The first-order chi connectivity index (χ1) is 11.2. The fourth-order valence-electron chi connectivity index (χ4n) is 3.30. The van der Waals surface area contributed by atoms with Crippen LogP contribution in [-0.2, 0) is 0 Å². The predicted octanol–water partition coefficient (Wildman–Crippen LogP) is 5.93. The molecule has 0 atom stereocenters. The van der Waals surface area contributed by atoms with E-state index >= 15 is 0 Å². The number of ether oxygens (including phenoxy) is 1. The summed E-state index contributed by atoms with van der Waals surface area (Å²) in [6.07, 6.45) is 11.1. The van der Waals surface area contributed by atoms with Crippen molar-refractivity contribution >= 4 is 22.1 Å². The van der Waals surface area contributed by atoms with Crippen LogP contribution in [0.15, 0.2) is 18.3 Å². The molecule has 0 aliphatic rings. The van der Waals surface area contributed by atoms with Crippen LogP contribution in [0, 0.1) is 0 Å². The molecule has 0 fully saturated rings. The van der Waals surface area contributed by atoms with Crippen molar-refractivity contribution in [1.29, 1.82) is 0 Å². The summed E-state index contributed by atoms with van der Waals surface area (Å²) in [6.45, 7) is 9.91. The molecule has 0 spiro atoms. The predicted molar refractivity (Wildman–Crippen MR) is 105 cm³/mol. The van der Waals surface area contributed by atoms with E-state index in [2.05, 4.69) is 39.8 Å². The average Bonchev–Trinajstić information content (AvgIpc) is 2.60. The van der Waals surface area contributed by atoms with Crippen molar-refractivity contribution in [3.8, 4) is 5.75 Å². The van der Waals surface area contributed by atoms with Crippen LogP contribution in [0.2, 0.25) is 13.3 Å². The number of rotatable bonds is 13. The van der Waals surface area contributed by atoms with E-state index in [0.717, 1.165) is 18.8 Å². The summed E-state index contributed by atoms with van der Waals surface area (Å²) < 4.78 is 11.7. The van der Waals surface area contributed by atoms with Gasteiger partial charge in [0.25, 0.3) is 0 Å². The molecule has 2 nitrogen and oxygen atoms in total. The van der Waals surface area contributed by atoms with E-state index in [1.54, 1.807) is 0 Å². The van der Waals surface area contributed by atoms with E-state index in [-0.39, 0.29) is 0 Å². The van der Waals surface area contributed by atoms with Gasteiger partial charge in [-0.1, -0.05) is 0 Å². The Morgan fingerprint density at radius 3 is 1.78 bits per heavy atom. The van der Waals surface area contributed by atoms with Gasteiger partial charge in [0.1, 0.15) is 0 Å². The van der Waals surface area contributed by atoms with Crippen molar-refractivity contribution in [2.75, 3.05) is 6.61 Å². The fourth-order valence-corrected chi connectivity index (χ4v) is 18.7. The summed E-state index contributed by atoms with van der Waals surface area (Å²) in [5.41, 5.74) is 0. The van der Waals surface area contributed by atoms with Gasteiger partial charge in [-0.2, -0.15) is 0 Å². The van der Waals surface area contributed by atoms with Gasteiger partial charge in [-0.3, -0.25) is 0 Å². The standard InChI is InChI=1S/C8H10NO.3C4H9.Sn/c1-2-6-10-8-4-3-5-9-7-8;3*1-3-4-2;/h3-4,7H,2,6H2,1H3;3*1,3-4H2,2H3;. The minimum absolute atomic E-state index is 0.789. The maximum absolute atomic E-state index is 5.73. The average molecular weight is 426 g/mol. The molecule has 0 radical (unpaired) electrons. The molecule has 0 aliphatic heterocycles. The van der Waals surface area contributed by atoms with Crippen LogP contribution < -0.4 is 8.45 Å². The Morgan fingerprint density at radius 2 is 1.39 bits per heavy atom. The second-order valence-electron chi connectivity index (χ2n) is 6.82. The van der Waals surface area contributed by atoms with Crippen LogP contribution in [0.3, 0.4) is 0 Å². The van der Waals surface area contributed by atoms with Crippen LogP contribution in [0.4, 0.5) is 0 Å². The van der Waals surface area contributed by atoms with Crippen LogP contribution >= 0.6 is 0 Å². The van der Waals surface area contributed by atoms with Gasteiger partial charge < -0.3 is 0 Å². The number of nitrogens with zero attached hydrogens (tertiary/aromatic N) is 1. The topological polar surface area (TPSA) is 22.1 Å². The fraction of sp³-hybridized carbons (Fsp3) is 0.750. The second kappa shape index (κ2) is 12.2. The van der Waals surface area contributed by atoms with Crippen molar-refractivity contribution in [2.45, 2.75) is 86.0 Å². The Labute approximate surface area is 148 Å². The van der Waals surface area contributed by atoms with Crippen molar-refractivity contribution in [3.05, 3.63) is 18.3 Å². The molecule has 1 aromatic heterocycles. The summed E-state index contributed by atoms with van der Waals surface area (Å²) in [5, 5.41) is 0. The van der Waals surface area contributed by atoms with Crippen molar-refractivity contribution < 1.29 is 4.74 Å². The van der Waals surface area contributed by atoms with Gasteiger partial charge in [-0.05, 0) is 0 Å². The van der Waals surface area contributed by atoms with Gasteiger partial charge in [0.2, 0.25) is 0 Å². The van der Waals surface area contributed by atoms with E-state index in [0.29, 0.717) is 0 Å². The third-order valence-corrected chi connectivity index (χ3v) is 19.9. The van der Waals surface area contributed by atoms with E-state index in [1.807, 2.05) is 6.20 Å². The summed E-state index contributed by atoms with van der Waals surface area (Å²) in [4.78, 5) is 4.93. The van der Waals surface area contributed by atoms with Crippen LogP contribution in [0.25, 0.3) is 0 Å². The van der Waals surface area contributed by atoms with Gasteiger partial charge in [-0.15, -0.1) is 0 Å². The molecule has 0 amide bonds. The Kier molecular flexibility index (Phi) is 11.0. The Balaban J connectivity index is 2.97. The molecule has 0 aliphatic carbocycles. The first-order valence-corrected chi connectivity index (χ1v) is 17.3.